The van der Waals surface area contributed by atoms with E-state index in [1.165, 1.54) is 6.07 Å². The number of hydrogen-bond acceptors (Lipinski definition) is 2. The first kappa shape index (κ1) is 24.9. The normalized spacial score (nSPS) is 10.2. The van der Waals surface area contributed by atoms with Crippen molar-refractivity contribution >= 4 is 63.5 Å². The Hall–Kier alpha value is -1.08. The van der Waals surface area contributed by atoms with E-state index in [0.29, 0.717) is 0 Å². The summed E-state index contributed by atoms with van der Waals surface area (Å²) >= 11 is 0. The average molecular weight is 402 g/mol. The number of hydrogen-bond donors (Lipinski definition) is 1. The molecule has 26 heavy (non-hydrogen) atoms. The molecule has 0 saturated carbocycles. The van der Waals surface area contributed by atoms with Crippen molar-refractivity contribution in [1.82, 2.24) is 0 Å². The van der Waals surface area contributed by atoms with Crippen LogP contribution in [0.2, 0.25) is 0 Å². The molecule has 0 radical (unpaired) electrons. The van der Waals surface area contributed by atoms with Crippen LogP contribution in [-0.4, -0.2) is 53.5 Å². The molecule has 0 aliphatic heterocycles. The van der Waals surface area contributed by atoms with E-state index >= 15 is 0 Å². The third-order valence-corrected chi connectivity index (χ3v) is 6.68. The summed E-state index contributed by atoms with van der Waals surface area (Å²) < 4.78 is 32.2. The Morgan fingerprint density at radius 2 is 1.08 bits per heavy atom. The monoisotopic (exact) mass is 402 g/mol. The zero-order valence-electron chi connectivity index (χ0n) is 13.2. The van der Waals surface area contributed by atoms with Gasteiger partial charge in [-0.3, -0.25) is 4.55 Å². The van der Waals surface area contributed by atoms with Gasteiger partial charge in [0.2, 0.25) is 0 Å². The van der Waals surface area contributed by atoms with E-state index in [1.54, 1.807) is 12.1 Å². The Kier molecular flexibility index (Phi) is 10.5. The van der Waals surface area contributed by atoms with Gasteiger partial charge in [-0.1, -0.05) is 72.8 Å². The van der Waals surface area contributed by atoms with E-state index in [2.05, 4.69) is 0 Å². The van der Waals surface area contributed by atoms with Crippen molar-refractivity contribution in [2.75, 3.05) is 0 Å². The molecule has 3 aromatic rings. The predicted octanol–water partition coefficient (Wildman–Crippen LogP) is 0.394. The predicted molar refractivity (Wildman–Crippen MR) is 109 cm³/mol. The topological polar surface area (TPSA) is 117 Å². The van der Waals surface area contributed by atoms with Crippen LogP contribution in [0.15, 0.2) is 89.8 Å². The molecule has 0 amide bonds. The molecule has 5 N–H and O–H groups in total. The third kappa shape index (κ3) is 5.98. The average Bonchev–Trinajstić information content (AvgIpc) is 2.57. The fraction of sp³-hybridized carbons (Fsp3) is 0. The molecule has 0 aromatic heterocycles. The minimum atomic E-state index is -4.21. The molecule has 5 nitrogen and oxygen atoms in total. The Bertz CT molecular complexity index is 866. The molecule has 0 heterocycles. The maximum absolute atomic E-state index is 11.4. The second-order valence-electron chi connectivity index (χ2n) is 4.98. The summed E-state index contributed by atoms with van der Waals surface area (Å²) in [7, 11) is -5.10. The van der Waals surface area contributed by atoms with Crippen LogP contribution in [0.1, 0.15) is 0 Å². The molecule has 134 valence electrons. The van der Waals surface area contributed by atoms with Gasteiger partial charge in [-0.15, -0.1) is 0 Å². The van der Waals surface area contributed by atoms with Crippen LogP contribution in [-0.2, 0) is 10.1 Å². The summed E-state index contributed by atoms with van der Waals surface area (Å²) in [5.74, 6) is 0. The van der Waals surface area contributed by atoms with E-state index in [1.807, 2.05) is 66.7 Å². The molecule has 0 fully saturated rings. The molecule has 0 saturated heterocycles. The van der Waals surface area contributed by atoms with Crippen LogP contribution in [0.25, 0.3) is 0 Å². The van der Waals surface area contributed by atoms with E-state index in [-0.39, 0.29) is 45.4 Å². The summed E-state index contributed by atoms with van der Waals surface area (Å²) in [6, 6.07) is 26.5. The van der Waals surface area contributed by atoms with Gasteiger partial charge in [0.05, 0.1) is 4.90 Å². The van der Waals surface area contributed by atoms with Gasteiger partial charge < -0.3 is 11.0 Å². The van der Waals surface area contributed by atoms with Gasteiger partial charge in [-0.25, -0.2) is 0 Å². The van der Waals surface area contributed by atoms with Crippen molar-refractivity contribution in [3.8, 4) is 0 Å². The van der Waals surface area contributed by atoms with Gasteiger partial charge in [-0.05, 0) is 36.0 Å². The van der Waals surface area contributed by atoms with Gasteiger partial charge in [0.15, 0.2) is 0 Å². The Morgan fingerprint density at radius 1 is 0.654 bits per heavy atom. The summed E-state index contributed by atoms with van der Waals surface area (Å²) in [6.45, 7) is 0. The maximum atomic E-state index is 11.4. The second kappa shape index (κ2) is 10.9. The third-order valence-electron chi connectivity index (χ3n) is 3.40. The molecule has 0 bridgehead atoms. The van der Waals surface area contributed by atoms with Crippen LogP contribution in [0, 0.1) is 0 Å². The van der Waals surface area contributed by atoms with E-state index in [0.717, 1.165) is 15.9 Å². The van der Waals surface area contributed by atoms with Crippen LogP contribution in [0.4, 0.5) is 0 Å². The van der Waals surface area contributed by atoms with Gasteiger partial charge in [0.25, 0.3) is 10.1 Å². The van der Waals surface area contributed by atoms with Gasteiger partial charge in [0, 0.05) is 0 Å². The first-order chi connectivity index (χ1) is 11.1. The minimum absolute atomic E-state index is 0. The Morgan fingerprint density at radius 3 is 1.50 bits per heavy atom. The van der Waals surface area contributed by atoms with Gasteiger partial charge in [-0.2, -0.15) is 8.42 Å². The standard InChI is InChI=1S/C18H15O3PS.Na.2H2O.H/c19-23(20,21)18-13-7-12-17(14-18)22(15-8-3-1-4-9-15)16-10-5-2-6-11-16;;;;/h1-14H,(H,19,20,21);;2*1H2;. The molecule has 3 rings (SSSR count). The second-order valence-corrected chi connectivity index (χ2v) is 8.62. The van der Waals surface area contributed by atoms with Gasteiger partial charge >= 0.3 is 29.6 Å². The van der Waals surface area contributed by atoms with Crippen molar-refractivity contribution in [2.45, 2.75) is 4.90 Å². The number of benzene rings is 3. The Balaban J connectivity index is 0.00000208. The SMILES string of the molecule is O.O.O=S(=O)(O)c1cccc(P(c2ccccc2)c2ccccc2)c1.[NaH]. The van der Waals surface area contributed by atoms with Crippen LogP contribution in [0.3, 0.4) is 0 Å². The van der Waals surface area contributed by atoms with Crippen LogP contribution in [0.5, 0.6) is 0 Å². The number of rotatable bonds is 4. The van der Waals surface area contributed by atoms with Crippen molar-refractivity contribution < 1.29 is 23.9 Å². The van der Waals surface area contributed by atoms with E-state index < -0.39 is 18.0 Å². The van der Waals surface area contributed by atoms with Crippen LogP contribution < -0.4 is 15.9 Å². The van der Waals surface area contributed by atoms with Crippen molar-refractivity contribution in [2.24, 2.45) is 0 Å². The summed E-state index contributed by atoms with van der Waals surface area (Å²) in [6.07, 6.45) is 0. The summed E-state index contributed by atoms with van der Waals surface area (Å²) in [4.78, 5) is -0.0747. The zero-order valence-corrected chi connectivity index (χ0v) is 14.9. The molecule has 0 atom stereocenters. The summed E-state index contributed by atoms with van der Waals surface area (Å²) in [5.41, 5.74) is 0. The molecule has 0 aliphatic carbocycles. The molecule has 0 unspecified atom stereocenters. The summed E-state index contributed by atoms with van der Waals surface area (Å²) in [5, 5.41) is 3.13. The van der Waals surface area contributed by atoms with Crippen LogP contribution >= 0.6 is 7.92 Å². The molecular weight excluding hydrogens is 382 g/mol. The van der Waals surface area contributed by atoms with E-state index in [4.69, 9.17) is 0 Å². The first-order valence-electron chi connectivity index (χ1n) is 7.03. The van der Waals surface area contributed by atoms with Crippen molar-refractivity contribution in [3.05, 3.63) is 84.9 Å². The zero-order chi connectivity index (χ0) is 16.3. The molecular formula is C18H20NaO5PS. The molecule has 0 spiro atoms. The quantitative estimate of drug-likeness (QED) is 0.386. The van der Waals surface area contributed by atoms with Gasteiger partial charge in [0.1, 0.15) is 0 Å². The van der Waals surface area contributed by atoms with Crippen molar-refractivity contribution in [1.29, 1.82) is 0 Å². The fourth-order valence-electron chi connectivity index (χ4n) is 2.38. The molecule has 8 heteroatoms. The Labute approximate surface area is 176 Å². The molecule has 0 aliphatic rings. The first-order valence-corrected chi connectivity index (χ1v) is 9.82. The molecule has 3 aromatic carbocycles. The fourth-order valence-corrected chi connectivity index (χ4v) is 5.34. The van der Waals surface area contributed by atoms with E-state index in [9.17, 15) is 13.0 Å². The van der Waals surface area contributed by atoms with Crippen molar-refractivity contribution in [3.63, 3.8) is 0 Å².